The predicted molar refractivity (Wildman–Crippen MR) is 126 cm³/mol. The Hall–Kier alpha value is -3.17. The number of rotatable bonds is 8. The Balaban J connectivity index is 1.56. The minimum Gasteiger partial charge on any atom is -0.399 e. The number of primary amides is 1. The standard InChI is InChI=1S/C24H30BN3O5/c1-23(2)24(3,4)33-25(32-23)18-12-10-16(11-13-18)14-19(21(26)30)28-20(29)15-27-22(31)17-8-6-5-7-9-17/h5-13,19H,14-15H2,1-4H3,(H2,26,30)(H,27,31)(H,28,29)/t19-/m1/s1. The van der Waals surface area contributed by atoms with E-state index in [-0.39, 0.29) is 18.9 Å². The number of carbonyl (C=O) groups is 3. The molecule has 1 fully saturated rings. The predicted octanol–water partition coefficient (Wildman–Crippen LogP) is 0.928. The van der Waals surface area contributed by atoms with Crippen molar-refractivity contribution in [2.75, 3.05) is 6.54 Å². The molecule has 4 N–H and O–H groups in total. The molecule has 3 rings (SSSR count). The summed E-state index contributed by atoms with van der Waals surface area (Å²) >= 11 is 0. The molecule has 1 aliphatic rings. The summed E-state index contributed by atoms with van der Waals surface area (Å²) in [4.78, 5) is 36.2. The molecule has 0 saturated carbocycles. The van der Waals surface area contributed by atoms with Crippen LogP contribution < -0.4 is 21.8 Å². The Morgan fingerprint density at radius 1 is 0.939 bits per heavy atom. The smallest absolute Gasteiger partial charge is 0.399 e. The maximum absolute atomic E-state index is 12.3. The van der Waals surface area contributed by atoms with Gasteiger partial charge in [0.1, 0.15) is 6.04 Å². The van der Waals surface area contributed by atoms with Crippen LogP contribution in [-0.2, 0) is 25.3 Å². The van der Waals surface area contributed by atoms with Crippen molar-refractivity contribution in [3.63, 3.8) is 0 Å². The molecule has 2 aromatic rings. The maximum Gasteiger partial charge on any atom is 0.494 e. The monoisotopic (exact) mass is 451 g/mol. The first-order valence-corrected chi connectivity index (χ1v) is 10.8. The summed E-state index contributed by atoms with van der Waals surface area (Å²) in [5.74, 6) is -1.54. The number of hydrogen-bond donors (Lipinski definition) is 3. The molecule has 0 radical (unpaired) electrons. The van der Waals surface area contributed by atoms with E-state index in [9.17, 15) is 14.4 Å². The second-order valence-corrected chi connectivity index (χ2v) is 9.11. The van der Waals surface area contributed by atoms with Gasteiger partial charge in [-0.3, -0.25) is 14.4 Å². The SMILES string of the molecule is CC1(C)OB(c2ccc(C[C@@H](NC(=O)CNC(=O)c3ccccc3)C(N)=O)cc2)OC1(C)C. The minimum absolute atomic E-state index is 0.220. The van der Waals surface area contributed by atoms with Gasteiger partial charge in [-0.1, -0.05) is 42.5 Å². The highest BCUT2D eigenvalue weighted by molar-refractivity contribution is 6.62. The van der Waals surface area contributed by atoms with Crippen LogP contribution in [0.5, 0.6) is 0 Å². The third-order valence-corrected chi connectivity index (χ3v) is 6.07. The number of nitrogens with two attached hydrogens (primary N) is 1. The van der Waals surface area contributed by atoms with Crippen molar-refractivity contribution in [2.24, 2.45) is 5.73 Å². The third kappa shape index (κ3) is 6.00. The average Bonchev–Trinajstić information content (AvgIpc) is 2.99. The van der Waals surface area contributed by atoms with E-state index in [1.165, 1.54) is 0 Å². The van der Waals surface area contributed by atoms with E-state index in [2.05, 4.69) is 10.6 Å². The molecule has 0 spiro atoms. The lowest BCUT2D eigenvalue weighted by Crippen LogP contribution is -2.49. The van der Waals surface area contributed by atoms with Gasteiger partial charge in [0.05, 0.1) is 17.7 Å². The summed E-state index contributed by atoms with van der Waals surface area (Å²) < 4.78 is 12.1. The van der Waals surface area contributed by atoms with Crippen LogP contribution in [0, 0.1) is 0 Å². The Morgan fingerprint density at radius 3 is 2.06 bits per heavy atom. The van der Waals surface area contributed by atoms with E-state index in [1.54, 1.807) is 30.3 Å². The summed E-state index contributed by atoms with van der Waals surface area (Å²) in [5, 5.41) is 5.11. The highest BCUT2D eigenvalue weighted by Gasteiger charge is 2.51. The van der Waals surface area contributed by atoms with Crippen molar-refractivity contribution in [1.82, 2.24) is 10.6 Å². The largest absolute Gasteiger partial charge is 0.494 e. The molecule has 33 heavy (non-hydrogen) atoms. The zero-order chi connectivity index (χ0) is 24.2. The molecule has 1 heterocycles. The molecule has 8 nitrogen and oxygen atoms in total. The first-order valence-electron chi connectivity index (χ1n) is 10.8. The van der Waals surface area contributed by atoms with Crippen LogP contribution in [0.25, 0.3) is 0 Å². The maximum atomic E-state index is 12.3. The van der Waals surface area contributed by atoms with Crippen molar-refractivity contribution in [1.29, 1.82) is 0 Å². The summed E-state index contributed by atoms with van der Waals surface area (Å²) in [6.45, 7) is 7.69. The molecule has 1 saturated heterocycles. The van der Waals surface area contributed by atoms with Gasteiger partial charge in [0.15, 0.2) is 0 Å². The lowest BCUT2D eigenvalue weighted by atomic mass is 9.78. The molecule has 1 atom stereocenters. The van der Waals surface area contributed by atoms with Crippen LogP contribution in [0.2, 0.25) is 0 Å². The van der Waals surface area contributed by atoms with Crippen molar-refractivity contribution in [3.8, 4) is 0 Å². The Morgan fingerprint density at radius 2 is 1.52 bits per heavy atom. The van der Waals surface area contributed by atoms with Crippen LogP contribution in [0.4, 0.5) is 0 Å². The van der Waals surface area contributed by atoms with Crippen LogP contribution in [0.1, 0.15) is 43.6 Å². The summed E-state index contributed by atoms with van der Waals surface area (Å²) in [6, 6.07) is 15.1. The highest BCUT2D eigenvalue weighted by Crippen LogP contribution is 2.36. The van der Waals surface area contributed by atoms with Gasteiger partial charge in [-0.2, -0.15) is 0 Å². The van der Waals surface area contributed by atoms with Gasteiger partial charge in [0, 0.05) is 12.0 Å². The Bertz CT molecular complexity index is 993. The fourth-order valence-electron chi connectivity index (χ4n) is 3.35. The molecule has 9 heteroatoms. The van der Waals surface area contributed by atoms with E-state index in [4.69, 9.17) is 15.0 Å². The van der Waals surface area contributed by atoms with Crippen LogP contribution in [0.3, 0.4) is 0 Å². The van der Waals surface area contributed by atoms with Crippen LogP contribution >= 0.6 is 0 Å². The van der Waals surface area contributed by atoms with Crippen LogP contribution in [0.15, 0.2) is 54.6 Å². The van der Waals surface area contributed by atoms with Gasteiger partial charge in [-0.15, -0.1) is 0 Å². The van der Waals surface area contributed by atoms with Crippen molar-refractivity contribution in [2.45, 2.75) is 51.4 Å². The van der Waals surface area contributed by atoms with Crippen molar-refractivity contribution >= 4 is 30.3 Å². The molecule has 3 amide bonds. The number of nitrogens with one attached hydrogen (secondary N) is 2. The number of carbonyl (C=O) groups excluding carboxylic acids is 3. The average molecular weight is 451 g/mol. The number of hydrogen-bond acceptors (Lipinski definition) is 5. The number of amides is 3. The van der Waals surface area contributed by atoms with Gasteiger partial charge in [-0.25, -0.2) is 0 Å². The quantitative estimate of drug-likeness (QED) is 0.516. The molecule has 0 bridgehead atoms. The lowest BCUT2D eigenvalue weighted by Gasteiger charge is -2.32. The van der Waals surface area contributed by atoms with Crippen molar-refractivity contribution < 1.29 is 23.7 Å². The van der Waals surface area contributed by atoms with Gasteiger partial charge >= 0.3 is 7.12 Å². The highest BCUT2D eigenvalue weighted by atomic mass is 16.7. The van der Waals surface area contributed by atoms with Gasteiger partial charge in [-0.05, 0) is 50.9 Å². The summed E-state index contributed by atoms with van der Waals surface area (Å²) in [6.07, 6.45) is 0.220. The minimum atomic E-state index is -0.908. The molecular formula is C24H30BN3O5. The zero-order valence-corrected chi connectivity index (χ0v) is 19.4. The van der Waals surface area contributed by atoms with E-state index in [0.717, 1.165) is 11.0 Å². The first-order chi connectivity index (χ1) is 15.5. The summed E-state index contributed by atoms with van der Waals surface area (Å²) in [7, 11) is -0.482. The Labute approximate surface area is 194 Å². The van der Waals surface area contributed by atoms with E-state index in [1.807, 2.05) is 52.0 Å². The second-order valence-electron chi connectivity index (χ2n) is 9.11. The zero-order valence-electron chi connectivity index (χ0n) is 19.4. The number of benzene rings is 2. The van der Waals surface area contributed by atoms with E-state index in [0.29, 0.717) is 5.56 Å². The first kappa shape index (κ1) is 24.5. The van der Waals surface area contributed by atoms with E-state index < -0.39 is 36.2 Å². The topological polar surface area (TPSA) is 120 Å². The van der Waals surface area contributed by atoms with Gasteiger partial charge in [0.25, 0.3) is 5.91 Å². The van der Waals surface area contributed by atoms with Gasteiger partial charge < -0.3 is 25.7 Å². The van der Waals surface area contributed by atoms with Crippen molar-refractivity contribution in [3.05, 3.63) is 65.7 Å². The molecule has 2 aromatic carbocycles. The molecule has 174 valence electrons. The molecule has 1 aliphatic heterocycles. The third-order valence-electron chi connectivity index (χ3n) is 6.07. The van der Waals surface area contributed by atoms with Crippen LogP contribution in [-0.4, -0.2) is 48.6 Å². The van der Waals surface area contributed by atoms with Gasteiger partial charge in [0.2, 0.25) is 11.8 Å². The molecule has 0 aromatic heterocycles. The fourth-order valence-corrected chi connectivity index (χ4v) is 3.35. The molecule has 0 aliphatic carbocycles. The Kier molecular flexibility index (Phi) is 7.24. The normalized spacial score (nSPS) is 17.3. The fraction of sp³-hybridized carbons (Fsp3) is 0.375. The summed E-state index contributed by atoms with van der Waals surface area (Å²) in [5.41, 5.74) is 6.73. The van der Waals surface area contributed by atoms with E-state index >= 15 is 0 Å². The second kappa shape index (κ2) is 9.76. The molecule has 0 unspecified atom stereocenters. The molecular weight excluding hydrogens is 421 g/mol. The lowest BCUT2D eigenvalue weighted by molar-refractivity contribution is -0.126.